The van der Waals surface area contributed by atoms with Gasteiger partial charge in [0.2, 0.25) is 5.78 Å². The first-order valence-corrected chi connectivity index (χ1v) is 19.6. The van der Waals surface area contributed by atoms with Crippen molar-refractivity contribution in [3.63, 3.8) is 0 Å². The van der Waals surface area contributed by atoms with Crippen molar-refractivity contribution in [2.45, 2.75) is 155 Å². The molecule has 0 saturated heterocycles. The van der Waals surface area contributed by atoms with Gasteiger partial charge in [-0.05, 0) is 81.8 Å². The molecule has 0 aliphatic heterocycles. The summed E-state index contributed by atoms with van der Waals surface area (Å²) in [6, 6.07) is 0. The molecule has 3 fully saturated rings. The van der Waals surface area contributed by atoms with Crippen LogP contribution in [0.15, 0.2) is 36.0 Å². The van der Waals surface area contributed by atoms with E-state index >= 15 is 0 Å². The number of hydrogen-bond donors (Lipinski definition) is 1. The summed E-state index contributed by atoms with van der Waals surface area (Å²) in [6.07, 6.45) is 27.2. The Labute approximate surface area is 299 Å². The van der Waals surface area contributed by atoms with Crippen LogP contribution in [0.3, 0.4) is 0 Å². The second-order valence-electron chi connectivity index (χ2n) is 15.8. The Balaban J connectivity index is 1.08. The molecule has 278 valence electrons. The van der Waals surface area contributed by atoms with Crippen LogP contribution in [0.4, 0.5) is 0 Å². The molecule has 4 aliphatic carbocycles. The maximum Gasteiger partial charge on any atom is 0.306 e. The number of hydrogen-bond acceptors (Lipinski definition) is 8. The zero-order valence-corrected chi connectivity index (χ0v) is 31.0. The van der Waals surface area contributed by atoms with Gasteiger partial charge in [0.1, 0.15) is 11.4 Å². The second kappa shape index (κ2) is 18.6. The number of ketones is 3. The summed E-state index contributed by atoms with van der Waals surface area (Å²) >= 11 is 0. The Morgan fingerprint density at radius 3 is 2.16 bits per heavy atom. The van der Waals surface area contributed by atoms with Gasteiger partial charge in [0.25, 0.3) is 0 Å². The molecule has 0 aromatic heterocycles. The summed E-state index contributed by atoms with van der Waals surface area (Å²) in [7, 11) is 0. The normalized spacial score (nSPS) is 30.1. The molecule has 4 aliphatic rings. The number of unbranched alkanes of at least 4 members (excludes halogenated alkanes) is 11. The molecular formula is C42H62O8. The highest BCUT2D eigenvalue weighted by molar-refractivity contribution is 6.02. The van der Waals surface area contributed by atoms with Crippen molar-refractivity contribution in [2.24, 2.45) is 28.6 Å². The summed E-state index contributed by atoms with van der Waals surface area (Å²) in [5.41, 5.74) is -2.28. The third kappa shape index (κ3) is 9.51. The van der Waals surface area contributed by atoms with E-state index in [1.807, 2.05) is 19.9 Å². The maximum absolute atomic E-state index is 13.8. The Kier molecular flexibility index (Phi) is 14.8. The lowest BCUT2D eigenvalue weighted by Crippen LogP contribution is -2.60. The van der Waals surface area contributed by atoms with Crippen LogP contribution < -0.4 is 0 Å². The van der Waals surface area contributed by atoms with Gasteiger partial charge < -0.3 is 14.6 Å². The second-order valence-corrected chi connectivity index (χ2v) is 15.8. The molecule has 0 radical (unpaired) electrons. The molecule has 3 saturated carbocycles. The predicted molar refractivity (Wildman–Crippen MR) is 193 cm³/mol. The molecule has 6 atom stereocenters. The van der Waals surface area contributed by atoms with Gasteiger partial charge in [-0.2, -0.15) is 0 Å². The van der Waals surface area contributed by atoms with Gasteiger partial charge in [-0.3, -0.25) is 24.0 Å². The van der Waals surface area contributed by atoms with Crippen molar-refractivity contribution in [2.75, 3.05) is 13.2 Å². The highest BCUT2D eigenvalue weighted by atomic mass is 16.5. The van der Waals surface area contributed by atoms with Gasteiger partial charge >= 0.3 is 11.9 Å². The van der Waals surface area contributed by atoms with E-state index in [-0.39, 0.29) is 55.0 Å². The number of ether oxygens (including phenoxy) is 2. The quantitative estimate of drug-likeness (QED) is 0.0723. The van der Waals surface area contributed by atoms with E-state index in [0.29, 0.717) is 19.4 Å². The van der Waals surface area contributed by atoms with E-state index in [1.54, 1.807) is 12.2 Å². The van der Waals surface area contributed by atoms with Crippen LogP contribution in [0.2, 0.25) is 0 Å². The molecule has 8 nitrogen and oxygen atoms in total. The van der Waals surface area contributed by atoms with E-state index in [0.717, 1.165) is 37.7 Å². The van der Waals surface area contributed by atoms with E-state index in [1.165, 1.54) is 57.8 Å². The van der Waals surface area contributed by atoms with E-state index in [2.05, 4.69) is 19.1 Å². The lowest BCUT2D eigenvalue weighted by molar-refractivity contribution is -0.172. The summed E-state index contributed by atoms with van der Waals surface area (Å²) in [6.45, 7) is 5.83. The number of aliphatic hydroxyl groups is 1. The number of fused-ring (bicyclic) bond motifs is 5. The predicted octanol–water partition coefficient (Wildman–Crippen LogP) is 8.29. The van der Waals surface area contributed by atoms with E-state index in [9.17, 15) is 29.1 Å². The van der Waals surface area contributed by atoms with Crippen molar-refractivity contribution in [3.8, 4) is 0 Å². The smallest absolute Gasteiger partial charge is 0.306 e. The Bertz CT molecular complexity index is 1310. The SMILES string of the molecule is CCCCCCC/C=C\CCCCCCCCOC(=O)CCC(=O)OCC(=O)[C@@]1(O)CC[C@H]2[C@@H]3CCC4=CC(=O)C=C[C@]4(C)[C@H]3C(=O)C[C@@]21C. The topological polar surface area (TPSA) is 124 Å². The fourth-order valence-electron chi connectivity index (χ4n) is 9.46. The summed E-state index contributed by atoms with van der Waals surface area (Å²) in [4.78, 5) is 63.9. The van der Waals surface area contributed by atoms with Gasteiger partial charge in [0, 0.05) is 23.2 Å². The van der Waals surface area contributed by atoms with Gasteiger partial charge in [0.05, 0.1) is 19.4 Å². The lowest BCUT2D eigenvalue weighted by atomic mass is 9.46. The van der Waals surface area contributed by atoms with Gasteiger partial charge in [-0.1, -0.05) is 95.9 Å². The fourth-order valence-corrected chi connectivity index (χ4v) is 9.46. The number of esters is 2. The Hall–Kier alpha value is -2.87. The average Bonchev–Trinajstić information content (AvgIpc) is 3.36. The molecule has 0 unspecified atom stereocenters. The largest absolute Gasteiger partial charge is 0.466 e. The minimum Gasteiger partial charge on any atom is -0.466 e. The fraction of sp³-hybridized carbons (Fsp3) is 0.738. The van der Waals surface area contributed by atoms with Crippen molar-refractivity contribution >= 4 is 29.3 Å². The first-order valence-electron chi connectivity index (χ1n) is 19.6. The lowest BCUT2D eigenvalue weighted by Gasteiger charge is -2.56. The molecule has 4 rings (SSSR count). The van der Waals surface area contributed by atoms with Crippen LogP contribution in [-0.4, -0.2) is 53.2 Å². The molecule has 0 aromatic carbocycles. The Morgan fingerprint density at radius 1 is 0.860 bits per heavy atom. The standard InChI is InChI=1S/C42H62O8/c1-4-5-6-7-8-9-10-11-12-13-14-15-16-17-18-27-49-37(46)21-22-38(47)50-30-36(45)42(48)26-24-34-33-20-19-31-28-32(43)23-25-40(31,2)39(33)35(44)29-41(34,42)3/h10-11,23,25,28,33-34,39,48H,4-9,12-22,24,26-27,29-30H2,1-3H3/b11-10-/t33-,34-,39+,40-,41-,42-/m0/s1. The molecule has 50 heavy (non-hydrogen) atoms. The Morgan fingerprint density at radius 2 is 1.48 bits per heavy atom. The van der Waals surface area contributed by atoms with Gasteiger partial charge in [-0.15, -0.1) is 0 Å². The van der Waals surface area contributed by atoms with E-state index in [4.69, 9.17) is 9.47 Å². The minimum atomic E-state index is -1.78. The zero-order chi connectivity index (χ0) is 36.2. The van der Waals surface area contributed by atoms with Crippen molar-refractivity contribution in [1.82, 2.24) is 0 Å². The van der Waals surface area contributed by atoms with E-state index < -0.39 is 40.8 Å². The van der Waals surface area contributed by atoms with Crippen LogP contribution >= 0.6 is 0 Å². The monoisotopic (exact) mass is 694 g/mol. The summed E-state index contributed by atoms with van der Waals surface area (Å²) < 4.78 is 10.5. The average molecular weight is 695 g/mol. The zero-order valence-electron chi connectivity index (χ0n) is 31.0. The number of carbonyl (C=O) groups excluding carboxylic acids is 5. The number of rotatable bonds is 21. The molecule has 0 heterocycles. The van der Waals surface area contributed by atoms with Gasteiger partial charge in [-0.25, -0.2) is 0 Å². The van der Waals surface area contributed by atoms with Crippen LogP contribution in [0.5, 0.6) is 0 Å². The first kappa shape index (κ1) is 39.9. The molecule has 0 aromatic rings. The molecule has 0 bridgehead atoms. The van der Waals surface area contributed by atoms with Crippen molar-refractivity contribution in [3.05, 3.63) is 36.0 Å². The summed E-state index contributed by atoms with van der Waals surface area (Å²) in [5, 5.41) is 11.8. The van der Waals surface area contributed by atoms with Crippen LogP contribution in [0.1, 0.15) is 149 Å². The third-order valence-electron chi connectivity index (χ3n) is 12.4. The first-order chi connectivity index (χ1) is 24.0. The van der Waals surface area contributed by atoms with Crippen molar-refractivity contribution < 1.29 is 38.6 Å². The molecule has 0 amide bonds. The molecule has 1 N–H and O–H groups in total. The molecular weight excluding hydrogens is 632 g/mol. The van der Waals surface area contributed by atoms with Crippen LogP contribution in [-0.2, 0) is 33.4 Å². The molecule has 8 heteroatoms. The van der Waals surface area contributed by atoms with Crippen LogP contribution in [0.25, 0.3) is 0 Å². The highest BCUT2D eigenvalue weighted by Gasteiger charge is 2.68. The van der Waals surface area contributed by atoms with Gasteiger partial charge in [0.15, 0.2) is 12.4 Å². The van der Waals surface area contributed by atoms with Crippen LogP contribution in [0, 0.1) is 28.6 Å². The number of Topliss-reactive ketones (excluding diaryl/α,β-unsaturated/α-hetero) is 2. The minimum absolute atomic E-state index is 0.00601. The maximum atomic E-state index is 13.8. The highest BCUT2D eigenvalue weighted by Crippen LogP contribution is 2.66. The van der Waals surface area contributed by atoms with Crippen molar-refractivity contribution in [1.29, 1.82) is 0 Å². The number of allylic oxidation sites excluding steroid dienone is 6. The summed E-state index contributed by atoms with van der Waals surface area (Å²) in [5.74, 6) is -2.16. The number of carbonyl (C=O) groups is 5. The molecule has 0 spiro atoms. The third-order valence-corrected chi connectivity index (χ3v) is 12.4.